The van der Waals surface area contributed by atoms with Gasteiger partial charge in [0.05, 0.1) is 11.6 Å². The van der Waals surface area contributed by atoms with Crippen molar-refractivity contribution in [1.29, 1.82) is 0 Å². The molecule has 0 aliphatic rings. The number of carbonyl (C=O) groups excluding carboxylic acids is 1. The van der Waals surface area contributed by atoms with Crippen LogP contribution in [0, 0.1) is 11.6 Å². The molecule has 2 N–H and O–H groups in total. The third-order valence-corrected chi connectivity index (χ3v) is 2.83. The Morgan fingerprint density at radius 1 is 1.11 bits per heavy atom. The standard InChI is InChI=1S/C15H13F2NO/c16-11-6-7-12(13(17)9-11)15(19)14(18)8-10-4-2-1-3-5-10/h1-7,9,14H,8,18H2. The summed E-state index contributed by atoms with van der Waals surface area (Å²) in [5.41, 5.74) is 6.50. The smallest absolute Gasteiger partial charge is 0.182 e. The van der Waals surface area contributed by atoms with Gasteiger partial charge in [-0.25, -0.2) is 8.78 Å². The fourth-order valence-corrected chi connectivity index (χ4v) is 1.85. The zero-order valence-corrected chi connectivity index (χ0v) is 10.1. The number of hydrogen-bond donors (Lipinski definition) is 1. The summed E-state index contributed by atoms with van der Waals surface area (Å²) in [6.07, 6.45) is 0.316. The fourth-order valence-electron chi connectivity index (χ4n) is 1.85. The molecule has 98 valence electrons. The maximum Gasteiger partial charge on any atom is 0.182 e. The minimum Gasteiger partial charge on any atom is -0.321 e. The second-order valence-corrected chi connectivity index (χ2v) is 4.28. The third-order valence-electron chi connectivity index (χ3n) is 2.83. The average Bonchev–Trinajstić information content (AvgIpc) is 2.39. The summed E-state index contributed by atoms with van der Waals surface area (Å²) in [7, 11) is 0. The monoisotopic (exact) mass is 261 g/mol. The van der Waals surface area contributed by atoms with Gasteiger partial charge >= 0.3 is 0 Å². The van der Waals surface area contributed by atoms with Crippen molar-refractivity contribution in [3.8, 4) is 0 Å². The lowest BCUT2D eigenvalue weighted by Crippen LogP contribution is -2.33. The van der Waals surface area contributed by atoms with Gasteiger partial charge in [-0.2, -0.15) is 0 Å². The first kappa shape index (κ1) is 13.4. The second kappa shape index (κ2) is 5.71. The molecule has 2 aromatic carbocycles. The highest BCUT2D eigenvalue weighted by Gasteiger charge is 2.19. The predicted octanol–water partition coefficient (Wildman–Crippen LogP) is 2.72. The summed E-state index contributed by atoms with van der Waals surface area (Å²) in [6, 6.07) is 11.2. The molecule has 0 aromatic heterocycles. The van der Waals surface area contributed by atoms with E-state index in [9.17, 15) is 13.6 Å². The Labute approximate surface area is 109 Å². The van der Waals surface area contributed by atoms with Gasteiger partial charge in [0, 0.05) is 6.07 Å². The Kier molecular flexibility index (Phi) is 4.02. The molecule has 0 saturated heterocycles. The largest absolute Gasteiger partial charge is 0.321 e. The molecular formula is C15H13F2NO. The normalized spacial score (nSPS) is 12.2. The molecule has 2 rings (SSSR count). The lowest BCUT2D eigenvalue weighted by atomic mass is 9.98. The maximum absolute atomic E-state index is 13.5. The third kappa shape index (κ3) is 3.23. The summed E-state index contributed by atoms with van der Waals surface area (Å²) in [5, 5.41) is 0. The molecule has 2 aromatic rings. The van der Waals surface area contributed by atoms with Gasteiger partial charge in [-0.1, -0.05) is 30.3 Å². The summed E-state index contributed by atoms with van der Waals surface area (Å²) >= 11 is 0. The molecule has 0 bridgehead atoms. The molecule has 0 amide bonds. The van der Waals surface area contributed by atoms with Crippen molar-refractivity contribution < 1.29 is 13.6 Å². The van der Waals surface area contributed by atoms with Crippen LogP contribution in [0.4, 0.5) is 8.78 Å². The highest BCUT2D eigenvalue weighted by Crippen LogP contribution is 2.13. The van der Waals surface area contributed by atoms with Crippen LogP contribution in [0.3, 0.4) is 0 Å². The second-order valence-electron chi connectivity index (χ2n) is 4.28. The van der Waals surface area contributed by atoms with Crippen molar-refractivity contribution >= 4 is 5.78 Å². The molecule has 0 aliphatic carbocycles. The van der Waals surface area contributed by atoms with Crippen LogP contribution in [-0.4, -0.2) is 11.8 Å². The molecule has 0 aliphatic heterocycles. The van der Waals surface area contributed by atoms with Crippen LogP contribution in [0.2, 0.25) is 0 Å². The van der Waals surface area contributed by atoms with Crippen molar-refractivity contribution in [1.82, 2.24) is 0 Å². The maximum atomic E-state index is 13.5. The molecule has 0 saturated carbocycles. The van der Waals surface area contributed by atoms with Gasteiger partial charge in [-0.05, 0) is 24.1 Å². The minimum absolute atomic E-state index is 0.176. The molecule has 0 fully saturated rings. The van der Waals surface area contributed by atoms with Crippen molar-refractivity contribution in [2.45, 2.75) is 12.5 Å². The van der Waals surface area contributed by atoms with E-state index < -0.39 is 23.5 Å². The molecule has 0 spiro atoms. The van der Waals surface area contributed by atoms with Gasteiger partial charge < -0.3 is 5.73 Å². The average molecular weight is 261 g/mol. The number of carbonyl (C=O) groups is 1. The highest BCUT2D eigenvalue weighted by molar-refractivity contribution is 6.00. The van der Waals surface area contributed by atoms with Gasteiger partial charge in [0.25, 0.3) is 0 Å². The fraction of sp³-hybridized carbons (Fsp3) is 0.133. The van der Waals surface area contributed by atoms with Gasteiger partial charge in [0.1, 0.15) is 11.6 Å². The lowest BCUT2D eigenvalue weighted by molar-refractivity contribution is 0.0957. The molecule has 19 heavy (non-hydrogen) atoms. The van der Waals surface area contributed by atoms with E-state index in [1.54, 1.807) is 0 Å². The van der Waals surface area contributed by atoms with E-state index >= 15 is 0 Å². The van der Waals surface area contributed by atoms with Crippen LogP contribution in [0.1, 0.15) is 15.9 Å². The number of halogens is 2. The number of benzene rings is 2. The summed E-state index contributed by atoms with van der Waals surface area (Å²) < 4.78 is 26.3. The predicted molar refractivity (Wildman–Crippen MR) is 68.8 cm³/mol. The van der Waals surface area contributed by atoms with Gasteiger partial charge in [0.15, 0.2) is 5.78 Å². The molecule has 1 unspecified atom stereocenters. The number of ketones is 1. The molecule has 1 atom stereocenters. The SMILES string of the molecule is NC(Cc1ccccc1)C(=O)c1ccc(F)cc1F. The zero-order valence-electron chi connectivity index (χ0n) is 10.1. The topological polar surface area (TPSA) is 43.1 Å². The van der Waals surface area contributed by atoms with Crippen LogP contribution >= 0.6 is 0 Å². The summed E-state index contributed by atoms with van der Waals surface area (Å²) in [4.78, 5) is 12.0. The number of hydrogen-bond acceptors (Lipinski definition) is 2. The van der Waals surface area contributed by atoms with E-state index in [2.05, 4.69) is 0 Å². The van der Waals surface area contributed by atoms with Crippen LogP contribution in [0.15, 0.2) is 48.5 Å². The van der Waals surface area contributed by atoms with Crippen molar-refractivity contribution in [3.05, 3.63) is 71.3 Å². The van der Waals surface area contributed by atoms with E-state index in [0.29, 0.717) is 12.5 Å². The molecule has 2 nitrogen and oxygen atoms in total. The number of Topliss-reactive ketones (excluding diaryl/α,β-unsaturated/α-hetero) is 1. The first-order valence-electron chi connectivity index (χ1n) is 5.86. The Bertz CT molecular complexity index is 584. The molecule has 0 heterocycles. The number of nitrogens with two attached hydrogens (primary N) is 1. The lowest BCUT2D eigenvalue weighted by Gasteiger charge is -2.11. The van der Waals surface area contributed by atoms with Crippen LogP contribution in [-0.2, 0) is 6.42 Å². The van der Waals surface area contributed by atoms with E-state index in [4.69, 9.17) is 5.73 Å². The van der Waals surface area contributed by atoms with E-state index in [1.807, 2.05) is 30.3 Å². The molecule has 4 heteroatoms. The zero-order chi connectivity index (χ0) is 13.8. The van der Waals surface area contributed by atoms with Crippen LogP contribution < -0.4 is 5.73 Å². The minimum atomic E-state index is -0.881. The Morgan fingerprint density at radius 2 is 1.79 bits per heavy atom. The molecule has 0 radical (unpaired) electrons. The van der Waals surface area contributed by atoms with E-state index in [-0.39, 0.29) is 5.56 Å². The Hall–Kier alpha value is -2.07. The highest BCUT2D eigenvalue weighted by atomic mass is 19.1. The van der Waals surface area contributed by atoms with E-state index in [0.717, 1.165) is 17.7 Å². The van der Waals surface area contributed by atoms with Crippen molar-refractivity contribution in [2.75, 3.05) is 0 Å². The molecular weight excluding hydrogens is 248 g/mol. The number of rotatable bonds is 4. The first-order valence-corrected chi connectivity index (χ1v) is 5.86. The van der Waals surface area contributed by atoms with E-state index in [1.165, 1.54) is 0 Å². The van der Waals surface area contributed by atoms with Crippen molar-refractivity contribution in [3.63, 3.8) is 0 Å². The summed E-state index contributed by atoms with van der Waals surface area (Å²) in [5.74, 6) is -2.12. The van der Waals surface area contributed by atoms with Gasteiger partial charge in [-0.3, -0.25) is 4.79 Å². The Morgan fingerprint density at radius 3 is 2.42 bits per heavy atom. The van der Waals surface area contributed by atoms with Gasteiger partial charge in [0.2, 0.25) is 0 Å². The van der Waals surface area contributed by atoms with Crippen LogP contribution in [0.5, 0.6) is 0 Å². The quantitative estimate of drug-likeness (QED) is 0.860. The van der Waals surface area contributed by atoms with Crippen molar-refractivity contribution in [2.24, 2.45) is 5.73 Å². The first-order chi connectivity index (χ1) is 9.08. The summed E-state index contributed by atoms with van der Waals surface area (Å²) in [6.45, 7) is 0. The van der Waals surface area contributed by atoms with Gasteiger partial charge in [-0.15, -0.1) is 0 Å². The Balaban J connectivity index is 2.15. The van der Waals surface area contributed by atoms with Crippen LogP contribution in [0.25, 0.3) is 0 Å².